The van der Waals surface area contributed by atoms with Crippen LogP contribution >= 0.6 is 0 Å². The third-order valence-electron chi connectivity index (χ3n) is 13.6. The Hall–Kier alpha value is -5.80. The SMILES string of the molecule is c1ccc2c(c1)Oc1ccc(N(c3ccc(-n4c5ccccc5c5ccccc54)cc3)c3cccc4ccccc34)cc1C21C2CC3CC(C2)CC1C3. The van der Waals surface area contributed by atoms with Gasteiger partial charge in [-0.1, -0.05) is 91.0 Å². The van der Waals surface area contributed by atoms with E-state index in [9.17, 15) is 0 Å². The van der Waals surface area contributed by atoms with Crippen LogP contribution in [0.1, 0.15) is 43.2 Å². The number of rotatable bonds is 4. The minimum atomic E-state index is -0.0155. The molecule has 256 valence electrons. The average Bonchev–Trinajstić information content (AvgIpc) is 3.54. The van der Waals surface area contributed by atoms with Gasteiger partial charge in [0.05, 0.1) is 16.7 Å². The van der Waals surface area contributed by atoms with Gasteiger partial charge in [-0.15, -0.1) is 0 Å². The topological polar surface area (TPSA) is 17.4 Å². The largest absolute Gasteiger partial charge is 0.457 e. The van der Waals surface area contributed by atoms with Gasteiger partial charge < -0.3 is 14.2 Å². The summed E-state index contributed by atoms with van der Waals surface area (Å²) < 4.78 is 9.23. The van der Waals surface area contributed by atoms with Gasteiger partial charge in [0.15, 0.2) is 0 Å². The lowest BCUT2D eigenvalue weighted by Gasteiger charge is -2.63. The Morgan fingerprint density at radius 2 is 1.08 bits per heavy atom. The molecule has 5 aliphatic rings. The minimum Gasteiger partial charge on any atom is -0.457 e. The van der Waals surface area contributed by atoms with Crippen LogP contribution in [-0.2, 0) is 5.41 Å². The van der Waals surface area contributed by atoms with Crippen molar-refractivity contribution in [3.8, 4) is 17.2 Å². The van der Waals surface area contributed by atoms with Gasteiger partial charge >= 0.3 is 0 Å². The lowest BCUT2D eigenvalue weighted by Crippen LogP contribution is -2.57. The molecular formula is C50H40N2O. The molecule has 4 aliphatic carbocycles. The maximum atomic E-state index is 6.83. The summed E-state index contributed by atoms with van der Waals surface area (Å²) in [6.07, 6.45) is 6.78. The summed E-state index contributed by atoms with van der Waals surface area (Å²) in [5.74, 6) is 5.16. The molecule has 0 amide bonds. The minimum absolute atomic E-state index is 0.0155. The zero-order valence-electron chi connectivity index (χ0n) is 29.7. The Bertz CT molecular complexity index is 2650. The van der Waals surface area contributed by atoms with Crippen LogP contribution < -0.4 is 9.64 Å². The van der Waals surface area contributed by atoms with Crippen molar-refractivity contribution in [2.45, 2.75) is 37.5 Å². The first-order valence-electron chi connectivity index (χ1n) is 19.5. The molecule has 0 saturated heterocycles. The highest BCUT2D eigenvalue weighted by molar-refractivity contribution is 6.09. The van der Waals surface area contributed by atoms with Crippen LogP contribution in [-0.4, -0.2) is 4.57 Å². The lowest BCUT2D eigenvalue weighted by atomic mass is 9.42. The summed E-state index contributed by atoms with van der Waals surface area (Å²) in [6.45, 7) is 0. The third-order valence-corrected chi connectivity index (χ3v) is 13.6. The Morgan fingerprint density at radius 1 is 0.491 bits per heavy atom. The van der Waals surface area contributed by atoms with Crippen molar-refractivity contribution in [1.82, 2.24) is 4.57 Å². The highest BCUT2D eigenvalue weighted by Gasteiger charge is 2.61. The molecule has 1 aliphatic heterocycles. The van der Waals surface area contributed by atoms with E-state index in [1.54, 1.807) is 0 Å². The number of hydrogen-bond acceptors (Lipinski definition) is 2. The van der Waals surface area contributed by atoms with Crippen LogP contribution in [0.25, 0.3) is 38.3 Å². The monoisotopic (exact) mass is 684 g/mol. The van der Waals surface area contributed by atoms with Crippen molar-refractivity contribution in [1.29, 1.82) is 0 Å². The maximum absolute atomic E-state index is 6.83. The van der Waals surface area contributed by atoms with Crippen LogP contribution in [0.2, 0.25) is 0 Å². The molecule has 0 unspecified atom stereocenters. The first-order chi connectivity index (χ1) is 26.2. The molecule has 1 aromatic heterocycles. The number of anilines is 3. The zero-order valence-corrected chi connectivity index (χ0v) is 29.7. The number of aromatic nitrogens is 1. The molecule has 8 aromatic rings. The molecule has 4 fully saturated rings. The van der Waals surface area contributed by atoms with Crippen LogP contribution in [0.4, 0.5) is 17.1 Å². The predicted octanol–water partition coefficient (Wildman–Crippen LogP) is 13.3. The van der Waals surface area contributed by atoms with E-state index in [4.69, 9.17) is 4.74 Å². The molecule has 0 atom stereocenters. The Morgan fingerprint density at radius 3 is 1.81 bits per heavy atom. The standard InChI is InChI=1S/C50H40N2O/c1-2-12-40-34(10-1)11-9-18-45(40)51(37-20-22-38(23-21-37)52-46-16-6-3-13-41(46)42-14-4-7-17-47(42)52)39-24-25-49-44(31-39)50(43-15-5-8-19-48(43)53-49)35-27-32-26-33(29-35)30-36(50)28-32/h1-25,31-33,35-36H,26-30H2. The van der Waals surface area contributed by atoms with Crippen molar-refractivity contribution in [2.75, 3.05) is 4.90 Å². The van der Waals surface area contributed by atoms with Gasteiger partial charge in [0.1, 0.15) is 11.5 Å². The number of hydrogen-bond donors (Lipinski definition) is 0. The van der Waals surface area contributed by atoms with Crippen LogP contribution in [0.5, 0.6) is 11.5 Å². The number of fused-ring (bicyclic) bond motifs is 6. The molecule has 0 radical (unpaired) electrons. The van der Waals surface area contributed by atoms with Crippen LogP contribution in [0.3, 0.4) is 0 Å². The van der Waals surface area contributed by atoms with Gasteiger partial charge in [-0.25, -0.2) is 0 Å². The molecule has 1 spiro atoms. The summed E-state index contributed by atoms with van der Waals surface area (Å²) >= 11 is 0. The summed E-state index contributed by atoms with van der Waals surface area (Å²) in [7, 11) is 0. The van der Waals surface area contributed by atoms with Gasteiger partial charge in [-0.05, 0) is 128 Å². The first kappa shape index (κ1) is 29.7. The zero-order chi connectivity index (χ0) is 34.7. The molecule has 53 heavy (non-hydrogen) atoms. The molecule has 4 bridgehead atoms. The van der Waals surface area contributed by atoms with E-state index in [0.29, 0.717) is 11.8 Å². The summed E-state index contributed by atoms with van der Waals surface area (Å²) in [4.78, 5) is 2.49. The van der Waals surface area contributed by atoms with E-state index in [2.05, 4.69) is 167 Å². The van der Waals surface area contributed by atoms with Crippen molar-refractivity contribution >= 4 is 49.6 Å². The van der Waals surface area contributed by atoms with Gasteiger partial charge in [0.25, 0.3) is 0 Å². The van der Waals surface area contributed by atoms with E-state index in [1.165, 1.54) is 87.2 Å². The van der Waals surface area contributed by atoms with Crippen molar-refractivity contribution in [3.63, 3.8) is 0 Å². The number of benzene rings is 7. The average molecular weight is 685 g/mol. The number of ether oxygens (including phenoxy) is 1. The first-order valence-corrected chi connectivity index (χ1v) is 19.5. The Labute approximate surface area is 310 Å². The lowest BCUT2D eigenvalue weighted by molar-refractivity contribution is -0.0452. The smallest absolute Gasteiger partial charge is 0.131 e. The number of nitrogens with zero attached hydrogens (tertiary/aromatic N) is 2. The van der Waals surface area contributed by atoms with Crippen LogP contribution in [0.15, 0.2) is 158 Å². The molecule has 7 aromatic carbocycles. The van der Waals surface area contributed by atoms with Gasteiger partial charge in [0, 0.05) is 49.8 Å². The second-order valence-electron chi connectivity index (χ2n) is 16.2. The predicted molar refractivity (Wildman–Crippen MR) is 217 cm³/mol. The highest BCUT2D eigenvalue weighted by atomic mass is 16.5. The molecule has 3 nitrogen and oxygen atoms in total. The van der Waals surface area contributed by atoms with E-state index in [1.807, 2.05) is 0 Å². The molecular weight excluding hydrogens is 645 g/mol. The summed E-state index contributed by atoms with van der Waals surface area (Å²) in [6, 6.07) is 58.3. The van der Waals surface area contributed by atoms with E-state index >= 15 is 0 Å². The van der Waals surface area contributed by atoms with Crippen molar-refractivity contribution < 1.29 is 4.74 Å². The molecule has 4 saturated carbocycles. The van der Waals surface area contributed by atoms with Crippen molar-refractivity contribution in [3.05, 3.63) is 169 Å². The normalized spacial score (nSPS) is 23.7. The fourth-order valence-electron chi connectivity index (χ4n) is 11.8. The quantitative estimate of drug-likeness (QED) is 0.184. The van der Waals surface area contributed by atoms with Crippen molar-refractivity contribution in [2.24, 2.45) is 23.7 Å². The Kier molecular flexibility index (Phi) is 6.23. The second-order valence-corrected chi connectivity index (χ2v) is 16.2. The van der Waals surface area contributed by atoms with Crippen LogP contribution in [0, 0.1) is 23.7 Å². The summed E-state index contributed by atoms with van der Waals surface area (Å²) in [5, 5.41) is 5.04. The second kappa shape index (κ2) is 11.1. The fourth-order valence-corrected chi connectivity index (χ4v) is 11.8. The maximum Gasteiger partial charge on any atom is 0.131 e. The van der Waals surface area contributed by atoms with E-state index in [0.717, 1.165) is 34.7 Å². The highest BCUT2D eigenvalue weighted by Crippen LogP contribution is 2.69. The molecule has 2 heterocycles. The van der Waals surface area contributed by atoms with Gasteiger partial charge in [-0.3, -0.25) is 0 Å². The third kappa shape index (κ3) is 4.17. The van der Waals surface area contributed by atoms with Gasteiger partial charge in [0.2, 0.25) is 0 Å². The Balaban J connectivity index is 1.06. The van der Waals surface area contributed by atoms with Gasteiger partial charge in [-0.2, -0.15) is 0 Å². The number of para-hydroxylation sites is 3. The van der Waals surface area contributed by atoms with E-state index in [-0.39, 0.29) is 5.41 Å². The molecule has 3 heteroatoms. The molecule has 0 N–H and O–H groups in total. The fraction of sp³-hybridized carbons (Fsp3) is 0.200. The summed E-state index contributed by atoms with van der Waals surface area (Å²) in [5.41, 5.74) is 9.92. The molecule has 13 rings (SSSR count). The van der Waals surface area contributed by atoms with E-state index < -0.39 is 0 Å².